The summed E-state index contributed by atoms with van der Waals surface area (Å²) < 4.78 is 11.2. The second-order valence-electron chi connectivity index (χ2n) is 4.79. The average Bonchev–Trinajstić information content (AvgIpc) is 2.72. The zero-order valence-electron chi connectivity index (χ0n) is 11.5. The highest BCUT2D eigenvalue weighted by Gasteiger charge is 2.12. The smallest absolute Gasteiger partial charge is 0.255 e. The SMILES string of the molecule is Nc1ccc(C(=O)Nc2ccc3c(c2)OCCCO3)cc1. The molecule has 2 aromatic carbocycles. The Hall–Kier alpha value is -2.69. The predicted molar refractivity (Wildman–Crippen MR) is 80.9 cm³/mol. The van der Waals surface area contributed by atoms with E-state index in [1.165, 1.54) is 0 Å². The third-order valence-corrected chi connectivity index (χ3v) is 3.18. The summed E-state index contributed by atoms with van der Waals surface area (Å²) in [6.07, 6.45) is 0.849. The maximum Gasteiger partial charge on any atom is 0.255 e. The number of fused-ring (bicyclic) bond motifs is 1. The number of nitrogens with one attached hydrogen (secondary N) is 1. The van der Waals surface area contributed by atoms with E-state index < -0.39 is 0 Å². The molecular weight excluding hydrogens is 268 g/mol. The fourth-order valence-electron chi connectivity index (χ4n) is 2.08. The highest BCUT2D eigenvalue weighted by molar-refractivity contribution is 6.04. The summed E-state index contributed by atoms with van der Waals surface area (Å²) in [5.41, 5.74) is 7.46. The first-order chi connectivity index (χ1) is 10.2. The van der Waals surface area contributed by atoms with E-state index >= 15 is 0 Å². The van der Waals surface area contributed by atoms with Gasteiger partial charge in [0.05, 0.1) is 13.2 Å². The number of rotatable bonds is 2. The number of amides is 1. The topological polar surface area (TPSA) is 73.6 Å². The Labute approximate surface area is 122 Å². The molecule has 3 rings (SSSR count). The van der Waals surface area contributed by atoms with Crippen LogP contribution in [-0.2, 0) is 0 Å². The summed E-state index contributed by atoms with van der Waals surface area (Å²) in [6, 6.07) is 12.1. The Morgan fingerprint density at radius 1 is 1.00 bits per heavy atom. The van der Waals surface area contributed by atoms with Crippen LogP contribution in [0.3, 0.4) is 0 Å². The summed E-state index contributed by atoms with van der Waals surface area (Å²) in [5, 5.41) is 2.83. The lowest BCUT2D eigenvalue weighted by Gasteiger charge is -2.10. The van der Waals surface area contributed by atoms with Crippen LogP contribution < -0.4 is 20.5 Å². The van der Waals surface area contributed by atoms with Gasteiger partial charge in [-0.15, -0.1) is 0 Å². The molecule has 3 N–H and O–H groups in total. The number of nitrogen functional groups attached to an aromatic ring is 1. The molecule has 0 saturated heterocycles. The van der Waals surface area contributed by atoms with Crippen LogP contribution in [0.15, 0.2) is 42.5 Å². The highest BCUT2D eigenvalue weighted by Crippen LogP contribution is 2.32. The maximum atomic E-state index is 12.1. The van der Waals surface area contributed by atoms with E-state index in [4.69, 9.17) is 15.2 Å². The molecule has 0 spiro atoms. The van der Waals surface area contributed by atoms with Gasteiger partial charge in [-0.1, -0.05) is 0 Å². The summed E-state index contributed by atoms with van der Waals surface area (Å²) in [4.78, 5) is 12.1. The van der Waals surface area contributed by atoms with Crippen molar-refractivity contribution in [1.29, 1.82) is 0 Å². The summed E-state index contributed by atoms with van der Waals surface area (Å²) in [6.45, 7) is 1.26. The fourth-order valence-corrected chi connectivity index (χ4v) is 2.08. The Balaban J connectivity index is 1.77. The first-order valence-electron chi connectivity index (χ1n) is 6.79. The standard InChI is InChI=1S/C16H16N2O3/c17-12-4-2-11(3-5-12)16(19)18-13-6-7-14-15(10-13)21-9-1-8-20-14/h2-7,10H,1,8-9,17H2,(H,18,19). The van der Waals surface area contributed by atoms with Gasteiger partial charge in [0.1, 0.15) is 0 Å². The number of nitrogens with two attached hydrogens (primary N) is 1. The van der Waals surface area contributed by atoms with Crippen molar-refractivity contribution in [3.05, 3.63) is 48.0 Å². The highest BCUT2D eigenvalue weighted by atomic mass is 16.5. The predicted octanol–water partition coefficient (Wildman–Crippen LogP) is 2.68. The third kappa shape index (κ3) is 3.08. The minimum Gasteiger partial charge on any atom is -0.490 e. The van der Waals surface area contributed by atoms with Gasteiger partial charge in [0.15, 0.2) is 11.5 Å². The zero-order valence-corrected chi connectivity index (χ0v) is 11.5. The number of carbonyl (C=O) groups excluding carboxylic acids is 1. The molecule has 1 aliphatic heterocycles. The van der Waals surface area contributed by atoms with Crippen molar-refractivity contribution < 1.29 is 14.3 Å². The molecule has 0 aromatic heterocycles. The number of carbonyl (C=O) groups is 1. The van der Waals surface area contributed by atoms with Gasteiger partial charge >= 0.3 is 0 Å². The van der Waals surface area contributed by atoms with Gasteiger partial charge in [0.25, 0.3) is 5.91 Å². The van der Waals surface area contributed by atoms with Gasteiger partial charge < -0.3 is 20.5 Å². The summed E-state index contributed by atoms with van der Waals surface area (Å²) in [7, 11) is 0. The molecule has 0 saturated carbocycles. The van der Waals surface area contributed by atoms with E-state index in [0.717, 1.165) is 6.42 Å². The molecule has 0 radical (unpaired) electrons. The van der Waals surface area contributed by atoms with Crippen LogP contribution in [-0.4, -0.2) is 19.1 Å². The maximum absolute atomic E-state index is 12.1. The lowest BCUT2D eigenvalue weighted by atomic mass is 10.2. The fraction of sp³-hybridized carbons (Fsp3) is 0.188. The summed E-state index contributed by atoms with van der Waals surface area (Å²) >= 11 is 0. The molecule has 2 aromatic rings. The van der Waals surface area contributed by atoms with Crippen LogP contribution in [0.5, 0.6) is 11.5 Å². The first-order valence-corrected chi connectivity index (χ1v) is 6.79. The number of benzene rings is 2. The molecule has 0 unspecified atom stereocenters. The van der Waals surface area contributed by atoms with Gasteiger partial charge in [-0.2, -0.15) is 0 Å². The molecule has 5 heteroatoms. The van der Waals surface area contributed by atoms with E-state index in [-0.39, 0.29) is 5.91 Å². The number of ether oxygens (including phenoxy) is 2. The van der Waals surface area contributed by atoms with Crippen molar-refractivity contribution in [2.75, 3.05) is 24.3 Å². The largest absolute Gasteiger partial charge is 0.490 e. The van der Waals surface area contributed by atoms with Gasteiger partial charge in [-0.05, 0) is 36.4 Å². The van der Waals surface area contributed by atoms with Gasteiger partial charge in [-0.3, -0.25) is 4.79 Å². The summed E-state index contributed by atoms with van der Waals surface area (Å²) in [5.74, 6) is 1.17. The van der Waals surface area contributed by atoms with Crippen LogP contribution in [0.4, 0.5) is 11.4 Å². The van der Waals surface area contributed by atoms with Gasteiger partial charge in [0, 0.05) is 29.4 Å². The quantitative estimate of drug-likeness (QED) is 0.831. The normalized spacial score (nSPS) is 13.3. The molecule has 1 heterocycles. The van der Waals surface area contributed by atoms with Gasteiger partial charge in [-0.25, -0.2) is 0 Å². The van der Waals surface area contributed by atoms with Crippen molar-refractivity contribution >= 4 is 17.3 Å². The van der Waals surface area contributed by atoms with Crippen molar-refractivity contribution in [3.8, 4) is 11.5 Å². The van der Waals surface area contributed by atoms with E-state index in [0.29, 0.717) is 41.7 Å². The third-order valence-electron chi connectivity index (χ3n) is 3.18. The van der Waals surface area contributed by atoms with Gasteiger partial charge in [0.2, 0.25) is 0 Å². The second kappa shape index (κ2) is 5.75. The molecule has 1 amide bonds. The van der Waals surface area contributed by atoms with Crippen molar-refractivity contribution in [2.45, 2.75) is 6.42 Å². The van der Waals surface area contributed by atoms with E-state index in [1.54, 1.807) is 42.5 Å². The Bertz CT molecular complexity index is 653. The average molecular weight is 284 g/mol. The van der Waals surface area contributed by atoms with Crippen LogP contribution in [0.2, 0.25) is 0 Å². The molecule has 21 heavy (non-hydrogen) atoms. The van der Waals surface area contributed by atoms with E-state index in [9.17, 15) is 4.79 Å². The molecular formula is C16H16N2O3. The molecule has 1 aliphatic rings. The molecule has 0 bridgehead atoms. The minimum atomic E-state index is -0.190. The number of anilines is 2. The van der Waals surface area contributed by atoms with Crippen LogP contribution in [0.25, 0.3) is 0 Å². The Morgan fingerprint density at radius 2 is 1.71 bits per heavy atom. The van der Waals surface area contributed by atoms with Crippen molar-refractivity contribution in [2.24, 2.45) is 0 Å². The lowest BCUT2D eigenvalue weighted by Crippen LogP contribution is -2.11. The Kier molecular flexibility index (Phi) is 3.64. The van der Waals surface area contributed by atoms with Crippen molar-refractivity contribution in [3.63, 3.8) is 0 Å². The molecule has 0 atom stereocenters. The number of hydrogen-bond acceptors (Lipinski definition) is 4. The van der Waals surface area contributed by atoms with Crippen LogP contribution in [0.1, 0.15) is 16.8 Å². The zero-order chi connectivity index (χ0) is 14.7. The van der Waals surface area contributed by atoms with Crippen LogP contribution >= 0.6 is 0 Å². The van der Waals surface area contributed by atoms with E-state index in [2.05, 4.69) is 5.32 Å². The number of hydrogen-bond donors (Lipinski definition) is 2. The lowest BCUT2D eigenvalue weighted by molar-refractivity contribution is 0.102. The molecule has 108 valence electrons. The Morgan fingerprint density at radius 3 is 2.48 bits per heavy atom. The van der Waals surface area contributed by atoms with Crippen molar-refractivity contribution in [1.82, 2.24) is 0 Å². The minimum absolute atomic E-state index is 0.190. The molecule has 5 nitrogen and oxygen atoms in total. The molecule has 0 aliphatic carbocycles. The second-order valence-corrected chi connectivity index (χ2v) is 4.79. The van der Waals surface area contributed by atoms with Crippen LogP contribution in [0, 0.1) is 0 Å². The first kappa shape index (κ1) is 13.3. The monoisotopic (exact) mass is 284 g/mol. The van der Waals surface area contributed by atoms with E-state index in [1.807, 2.05) is 0 Å². The molecule has 0 fully saturated rings.